The van der Waals surface area contributed by atoms with Crippen LogP contribution in [0.5, 0.6) is 0 Å². The summed E-state index contributed by atoms with van der Waals surface area (Å²) in [6.45, 7) is 2.61. The third-order valence-corrected chi connectivity index (χ3v) is 3.44. The highest BCUT2D eigenvalue weighted by Gasteiger charge is 2.32. The average Bonchev–Trinajstić information content (AvgIpc) is 2.17. The summed E-state index contributed by atoms with van der Waals surface area (Å²) in [7, 11) is -4.33. The quantitative estimate of drug-likeness (QED) is 0.790. The minimum Gasteiger partial charge on any atom is -0.323 e. The lowest BCUT2D eigenvalue weighted by molar-refractivity contribution is -0.116. The Morgan fingerprint density at radius 1 is 1.31 bits per heavy atom. The van der Waals surface area contributed by atoms with E-state index in [-0.39, 0.29) is 0 Å². The van der Waals surface area contributed by atoms with Gasteiger partial charge in [-0.1, -0.05) is 18.2 Å². The lowest BCUT2D eigenvalue weighted by Gasteiger charge is -2.28. The summed E-state index contributed by atoms with van der Waals surface area (Å²) in [5, 5.41) is 0. The average molecular weight is 243 g/mol. The van der Waals surface area contributed by atoms with Gasteiger partial charge in [-0.2, -0.15) is 0 Å². The van der Waals surface area contributed by atoms with Gasteiger partial charge in [0, 0.05) is 12.6 Å². The highest BCUT2D eigenvalue weighted by Crippen LogP contribution is 2.44. The standard InChI is InChI=1S/C10H14NO4P/c1-8(12)11(9(2)16(13,14)15)10-6-4-3-5-7-10/h3-7,9H,1-2H3,(H2,13,14,15). The number of carbonyl (C=O) groups excluding carboxylic acids is 1. The number of carbonyl (C=O) groups is 1. The van der Waals surface area contributed by atoms with Crippen LogP contribution >= 0.6 is 7.60 Å². The first kappa shape index (κ1) is 12.9. The number of hydrogen-bond acceptors (Lipinski definition) is 2. The van der Waals surface area contributed by atoms with E-state index in [9.17, 15) is 9.36 Å². The summed E-state index contributed by atoms with van der Waals surface area (Å²) in [5.74, 6) is -1.56. The lowest BCUT2D eigenvalue weighted by atomic mass is 10.3. The van der Waals surface area contributed by atoms with Crippen LogP contribution in [-0.2, 0) is 9.36 Å². The van der Waals surface area contributed by atoms with E-state index in [4.69, 9.17) is 9.79 Å². The molecule has 1 amide bonds. The van der Waals surface area contributed by atoms with Crippen molar-refractivity contribution in [2.24, 2.45) is 0 Å². The molecule has 6 heteroatoms. The molecule has 0 aliphatic heterocycles. The molecule has 1 rings (SSSR count). The maximum absolute atomic E-state index is 11.4. The first-order valence-electron chi connectivity index (χ1n) is 4.74. The molecule has 88 valence electrons. The molecule has 0 saturated heterocycles. The molecule has 5 nitrogen and oxygen atoms in total. The van der Waals surface area contributed by atoms with Crippen molar-refractivity contribution in [3.05, 3.63) is 30.3 Å². The zero-order valence-corrected chi connectivity index (χ0v) is 9.96. The summed E-state index contributed by atoms with van der Waals surface area (Å²) in [6.07, 6.45) is 0. The molecule has 1 aromatic carbocycles. The number of benzene rings is 1. The minimum atomic E-state index is -4.33. The van der Waals surface area contributed by atoms with Crippen molar-refractivity contribution >= 4 is 19.2 Å². The van der Waals surface area contributed by atoms with E-state index in [1.54, 1.807) is 30.3 Å². The van der Waals surface area contributed by atoms with Crippen molar-refractivity contribution in [2.45, 2.75) is 19.6 Å². The fourth-order valence-corrected chi connectivity index (χ4v) is 2.00. The molecule has 0 fully saturated rings. The van der Waals surface area contributed by atoms with Gasteiger partial charge < -0.3 is 9.79 Å². The van der Waals surface area contributed by atoms with Crippen molar-refractivity contribution in [3.63, 3.8) is 0 Å². The lowest BCUT2D eigenvalue weighted by Crippen LogP contribution is -2.36. The Hall–Kier alpha value is -1.16. The van der Waals surface area contributed by atoms with Gasteiger partial charge in [0.05, 0.1) is 0 Å². The summed E-state index contributed by atoms with van der Waals surface area (Å²) < 4.78 is 11.2. The predicted molar refractivity (Wildman–Crippen MR) is 61.1 cm³/mol. The molecule has 0 bridgehead atoms. The van der Waals surface area contributed by atoms with Gasteiger partial charge in [0.25, 0.3) is 0 Å². The third kappa shape index (κ3) is 2.92. The van der Waals surface area contributed by atoms with Gasteiger partial charge in [-0.25, -0.2) is 0 Å². The molecular weight excluding hydrogens is 229 g/mol. The van der Waals surface area contributed by atoms with Gasteiger partial charge in [0.15, 0.2) is 0 Å². The number of anilines is 1. The molecular formula is C10H14NO4P. The Morgan fingerprint density at radius 3 is 2.19 bits per heavy atom. The Labute approximate surface area is 93.9 Å². The number of hydrogen-bond donors (Lipinski definition) is 2. The van der Waals surface area contributed by atoms with Gasteiger partial charge in [-0.15, -0.1) is 0 Å². The Kier molecular flexibility index (Phi) is 3.86. The second-order valence-electron chi connectivity index (χ2n) is 3.45. The number of rotatable bonds is 3. The van der Waals surface area contributed by atoms with Crippen molar-refractivity contribution in [1.82, 2.24) is 0 Å². The molecule has 1 atom stereocenters. The van der Waals surface area contributed by atoms with Crippen LogP contribution in [0.4, 0.5) is 5.69 Å². The van der Waals surface area contributed by atoms with Crippen molar-refractivity contribution in [3.8, 4) is 0 Å². The van der Waals surface area contributed by atoms with Gasteiger partial charge >= 0.3 is 7.60 Å². The molecule has 16 heavy (non-hydrogen) atoms. The maximum atomic E-state index is 11.4. The summed E-state index contributed by atoms with van der Waals surface area (Å²) in [5.41, 5.74) is 0.478. The van der Waals surface area contributed by atoms with Gasteiger partial charge in [0.2, 0.25) is 5.91 Å². The molecule has 2 N–H and O–H groups in total. The number of amides is 1. The summed E-state index contributed by atoms with van der Waals surface area (Å²) in [6, 6.07) is 8.44. The predicted octanol–water partition coefficient (Wildman–Crippen LogP) is 1.56. The van der Waals surface area contributed by atoms with Crippen molar-refractivity contribution in [2.75, 3.05) is 4.90 Å². The van der Waals surface area contributed by atoms with Crippen LogP contribution in [0.15, 0.2) is 30.3 Å². The molecule has 0 spiro atoms. The second kappa shape index (κ2) is 4.78. The summed E-state index contributed by atoms with van der Waals surface area (Å²) >= 11 is 0. The molecule has 0 saturated carbocycles. The van der Waals surface area contributed by atoms with Crippen LogP contribution in [-0.4, -0.2) is 21.5 Å². The Morgan fingerprint density at radius 2 is 1.81 bits per heavy atom. The molecule has 0 radical (unpaired) electrons. The van der Waals surface area contributed by atoms with E-state index < -0.39 is 19.3 Å². The Bertz CT molecular complexity index is 414. The van der Waals surface area contributed by atoms with Crippen LogP contribution in [0.1, 0.15) is 13.8 Å². The first-order valence-corrected chi connectivity index (χ1v) is 6.42. The van der Waals surface area contributed by atoms with Gasteiger partial charge in [-0.05, 0) is 19.1 Å². The van der Waals surface area contributed by atoms with Crippen LogP contribution in [0, 0.1) is 0 Å². The smallest absolute Gasteiger partial charge is 0.323 e. The van der Waals surface area contributed by atoms with E-state index in [2.05, 4.69) is 0 Å². The number of nitrogens with zero attached hydrogens (tertiary/aromatic N) is 1. The fraction of sp³-hybridized carbons (Fsp3) is 0.300. The monoisotopic (exact) mass is 243 g/mol. The zero-order valence-electron chi connectivity index (χ0n) is 9.07. The molecule has 1 aromatic rings. The highest BCUT2D eigenvalue weighted by molar-refractivity contribution is 7.52. The van der Waals surface area contributed by atoms with Crippen LogP contribution < -0.4 is 4.90 Å². The van der Waals surface area contributed by atoms with E-state index in [1.165, 1.54) is 13.8 Å². The number of para-hydroxylation sites is 1. The minimum absolute atomic E-state index is 0.401. The van der Waals surface area contributed by atoms with Crippen LogP contribution in [0.2, 0.25) is 0 Å². The Balaban J connectivity index is 3.12. The molecule has 0 heterocycles. The molecule has 0 aromatic heterocycles. The topological polar surface area (TPSA) is 77.8 Å². The van der Waals surface area contributed by atoms with Gasteiger partial charge in [-0.3, -0.25) is 14.3 Å². The zero-order chi connectivity index (χ0) is 12.3. The largest absolute Gasteiger partial charge is 0.347 e. The van der Waals surface area contributed by atoms with Gasteiger partial charge in [0.1, 0.15) is 5.78 Å². The first-order chi connectivity index (χ1) is 7.34. The normalized spacial score (nSPS) is 13.2. The summed E-state index contributed by atoms with van der Waals surface area (Å²) in [4.78, 5) is 30.7. The second-order valence-corrected chi connectivity index (χ2v) is 5.37. The van der Waals surface area contributed by atoms with Crippen LogP contribution in [0.3, 0.4) is 0 Å². The van der Waals surface area contributed by atoms with E-state index >= 15 is 0 Å². The van der Waals surface area contributed by atoms with E-state index in [1.807, 2.05) is 0 Å². The van der Waals surface area contributed by atoms with E-state index in [0.717, 1.165) is 4.90 Å². The highest BCUT2D eigenvalue weighted by atomic mass is 31.2. The SMILES string of the molecule is CC(=O)N(c1ccccc1)C(C)P(=O)(O)O. The van der Waals surface area contributed by atoms with Crippen LogP contribution in [0.25, 0.3) is 0 Å². The van der Waals surface area contributed by atoms with Crippen molar-refractivity contribution < 1.29 is 19.1 Å². The molecule has 1 unspecified atom stereocenters. The third-order valence-electron chi connectivity index (χ3n) is 2.23. The maximum Gasteiger partial charge on any atom is 0.347 e. The molecule has 0 aliphatic rings. The van der Waals surface area contributed by atoms with Crippen molar-refractivity contribution in [1.29, 1.82) is 0 Å². The fourth-order valence-electron chi connectivity index (χ4n) is 1.40. The molecule has 0 aliphatic carbocycles. The van der Waals surface area contributed by atoms with E-state index in [0.29, 0.717) is 5.69 Å².